The van der Waals surface area contributed by atoms with E-state index in [2.05, 4.69) is 25.2 Å². The Hall–Kier alpha value is -4.37. The zero-order valence-electron chi connectivity index (χ0n) is 20.5. The second kappa shape index (κ2) is 9.18. The van der Waals surface area contributed by atoms with Crippen LogP contribution in [0.4, 0.5) is 10.2 Å². The lowest BCUT2D eigenvalue weighted by atomic mass is 10.0. The number of piperazine rings is 1. The van der Waals surface area contributed by atoms with Crippen molar-refractivity contribution in [2.45, 2.75) is 31.5 Å². The van der Waals surface area contributed by atoms with Gasteiger partial charge >= 0.3 is 6.01 Å². The van der Waals surface area contributed by atoms with E-state index >= 15 is 4.39 Å². The largest absolute Gasteiger partial charge is 0.508 e. The van der Waals surface area contributed by atoms with Gasteiger partial charge in [-0.05, 0) is 47.9 Å². The molecule has 9 heteroatoms. The van der Waals surface area contributed by atoms with Crippen LogP contribution in [0.1, 0.15) is 18.5 Å². The van der Waals surface area contributed by atoms with Gasteiger partial charge in [0, 0.05) is 43.1 Å². The molecule has 2 N–H and O–H groups in total. The van der Waals surface area contributed by atoms with E-state index in [-0.39, 0.29) is 29.6 Å². The van der Waals surface area contributed by atoms with Crippen LogP contribution in [0.5, 0.6) is 11.8 Å². The molecular weight excluding hydrogens is 483 g/mol. The SMILES string of the molecule is Oc1cc(-c2ncc3c(N4CC5CCC(C4)N5)nc(OCc4ccccn4)nc3c2F)c2ccccc2c1. The van der Waals surface area contributed by atoms with Gasteiger partial charge in [-0.2, -0.15) is 9.97 Å². The number of rotatable bonds is 5. The van der Waals surface area contributed by atoms with Gasteiger partial charge in [-0.25, -0.2) is 4.39 Å². The minimum absolute atomic E-state index is 0.0408. The zero-order valence-corrected chi connectivity index (χ0v) is 20.5. The summed E-state index contributed by atoms with van der Waals surface area (Å²) >= 11 is 0. The maximum Gasteiger partial charge on any atom is 0.319 e. The van der Waals surface area contributed by atoms with E-state index in [0.29, 0.717) is 28.9 Å². The Kier molecular flexibility index (Phi) is 5.51. The van der Waals surface area contributed by atoms with Gasteiger partial charge in [0.05, 0.1) is 11.1 Å². The molecule has 0 radical (unpaired) electrons. The molecule has 8 nitrogen and oxygen atoms in total. The van der Waals surface area contributed by atoms with Crippen LogP contribution in [0.15, 0.2) is 67.0 Å². The Labute approximate surface area is 218 Å². The molecule has 5 aromatic rings. The number of phenols is 1. The first-order valence-electron chi connectivity index (χ1n) is 12.7. The molecular formula is C29H25FN6O2. The Bertz CT molecular complexity index is 1650. The number of hydrogen-bond donors (Lipinski definition) is 2. The summed E-state index contributed by atoms with van der Waals surface area (Å²) in [5.41, 5.74) is 1.47. The Balaban J connectivity index is 1.38. The summed E-state index contributed by atoms with van der Waals surface area (Å²) in [4.78, 5) is 20.3. The summed E-state index contributed by atoms with van der Waals surface area (Å²) < 4.78 is 22.3. The Morgan fingerprint density at radius 3 is 2.61 bits per heavy atom. The fraction of sp³-hybridized carbons (Fsp3) is 0.241. The number of ether oxygens (including phenoxy) is 1. The first-order valence-corrected chi connectivity index (χ1v) is 12.7. The van der Waals surface area contributed by atoms with Crippen molar-refractivity contribution >= 4 is 27.5 Å². The second-order valence-corrected chi connectivity index (χ2v) is 9.88. The number of fused-ring (bicyclic) bond motifs is 4. The van der Waals surface area contributed by atoms with Crippen molar-refractivity contribution in [2.24, 2.45) is 0 Å². The summed E-state index contributed by atoms with van der Waals surface area (Å²) in [6.07, 6.45) is 5.54. The number of halogens is 1. The molecule has 3 aromatic heterocycles. The summed E-state index contributed by atoms with van der Waals surface area (Å²) in [6, 6.07) is 17.1. The molecule has 2 aliphatic rings. The van der Waals surface area contributed by atoms with Crippen LogP contribution < -0.4 is 15.0 Å². The van der Waals surface area contributed by atoms with Crippen LogP contribution in [-0.4, -0.2) is 50.2 Å². The smallest absolute Gasteiger partial charge is 0.319 e. The molecule has 7 rings (SSSR count). The molecule has 2 bridgehead atoms. The van der Waals surface area contributed by atoms with Gasteiger partial charge in [-0.3, -0.25) is 9.97 Å². The molecule has 190 valence electrons. The molecule has 2 fully saturated rings. The average Bonchev–Trinajstić information content (AvgIpc) is 3.29. The van der Waals surface area contributed by atoms with Gasteiger partial charge < -0.3 is 20.1 Å². The average molecular weight is 509 g/mol. The van der Waals surface area contributed by atoms with Gasteiger partial charge in [0.15, 0.2) is 5.82 Å². The first kappa shape index (κ1) is 22.8. The fourth-order valence-corrected chi connectivity index (χ4v) is 5.60. The van der Waals surface area contributed by atoms with E-state index in [1.807, 2.05) is 42.5 Å². The van der Waals surface area contributed by atoms with E-state index in [4.69, 9.17) is 9.72 Å². The number of anilines is 1. The van der Waals surface area contributed by atoms with Crippen molar-refractivity contribution in [3.8, 4) is 23.0 Å². The highest BCUT2D eigenvalue weighted by Crippen LogP contribution is 2.37. The normalized spacial score (nSPS) is 18.8. The van der Waals surface area contributed by atoms with Crippen molar-refractivity contribution in [3.05, 3.63) is 78.5 Å². The van der Waals surface area contributed by atoms with Crippen LogP contribution in [0.3, 0.4) is 0 Å². The van der Waals surface area contributed by atoms with E-state index < -0.39 is 5.82 Å². The molecule has 2 aromatic carbocycles. The number of aromatic nitrogens is 4. The van der Waals surface area contributed by atoms with Gasteiger partial charge in [-0.15, -0.1) is 0 Å². The number of hydrogen-bond acceptors (Lipinski definition) is 8. The number of pyridine rings is 2. The fourth-order valence-electron chi connectivity index (χ4n) is 5.60. The summed E-state index contributed by atoms with van der Waals surface area (Å²) in [5, 5.41) is 16.1. The highest BCUT2D eigenvalue weighted by molar-refractivity contribution is 5.99. The topological polar surface area (TPSA) is 96.3 Å². The molecule has 2 saturated heterocycles. The maximum atomic E-state index is 16.3. The van der Waals surface area contributed by atoms with Crippen LogP contribution in [-0.2, 0) is 6.61 Å². The third-order valence-corrected chi connectivity index (χ3v) is 7.34. The Morgan fingerprint density at radius 2 is 1.79 bits per heavy atom. The lowest BCUT2D eigenvalue weighted by molar-refractivity contribution is 0.277. The summed E-state index contributed by atoms with van der Waals surface area (Å²) in [7, 11) is 0. The van der Waals surface area contributed by atoms with Gasteiger partial charge in [0.25, 0.3) is 0 Å². The number of aromatic hydroxyl groups is 1. The standard InChI is InChI=1S/C29H25FN6O2/c30-25-26(23-12-21(37)11-17-5-1-2-7-22(17)23)32-13-24-27(25)34-29(38-16-20-6-3-4-10-31-20)35-28(24)36-14-18-8-9-19(15-36)33-18/h1-7,10-13,18-19,33,37H,8-9,14-16H2. The maximum absolute atomic E-state index is 16.3. The van der Waals surface area contributed by atoms with Crippen molar-refractivity contribution in [1.29, 1.82) is 0 Å². The van der Waals surface area contributed by atoms with Crippen molar-refractivity contribution < 1.29 is 14.2 Å². The van der Waals surface area contributed by atoms with Gasteiger partial charge in [0.1, 0.15) is 29.4 Å². The number of nitrogens with one attached hydrogen (secondary N) is 1. The third kappa shape index (κ3) is 4.05. The number of phenolic OH excluding ortho intramolecular Hbond substituents is 1. The quantitative estimate of drug-likeness (QED) is 0.356. The lowest BCUT2D eigenvalue weighted by Gasteiger charge is -2.34. The minimum Gasteiger partial charge on any atom is -0.508 e. The highest BCUT2D eigenvalue weighted by atomic mass is 19.1. The predicted molar refractivity (Wildman–Crippen MR) is 143 cm³/mol. The molecule has 2 unspecified atom stereocenters. The molecule has 0 saturated carbocycles. The van der Waals surface area contributed by atoms with E-state index in [0.717, 1.165) is 42.4 Å². The molecule has 2 aliphatic heterocycles. The molecule has 2 atom stereocenters. The van der Waals surface area contributed by atoms with Gasteiger partial charge in [0.2, 0.25) is 0 Å². The van der Waals surface area contributed by atoms with E-state index in [1.54, 1.807) is 18.5 Å². The molecule has 0 aliphatic carbocycles. The third-order valence-electron chi connectivity index (χ3n) is 7.34. The van der Waals surface area contributed by atoms with E-state index in [9.17, 15) is 5.11 Å². The molecule has 38 heavy (non-hydrogen) atoms. The van der Waals surface area contributed by atoms with Crippen molar-refractivity contribution in [3.63, 3.8) is 0 Å². The lowest BCUT2D eigenvalue weighted by Crippen LogP contribution is -2.51. The first-order chi connectivity index (χ1) is 18.6. The van der Waals surface area contributed by atoms with Crippen molar-refractivity contribution in [1.82, 2.24) is 25.3 Å². The summed E-state index contributed by atoms with van der Waals surface area (Å²) in [5.74, 6) is 0.0740. The number of nitrogens with zero attached hydrogens (tertiary/aromatic N) is 5. The van der Waals surface area contributed by atoms with Crippen LogP contribution in [0.2, 0.25) is 0 Å². The van der Waals surface area contributed by atoms with E-state index in [1.165, 1.54) is 6.07 Å². The predicted octanol–water partition coefficient (Wildman–Crippen LogP) is 4.60. The monoisotopic (exact) mass is 508 g/mol. The molecule has 0 spiro atoms. The Morgan fingerprint density at radius 1 is 0.974 bits per heavy atom. The number of benzene rings is 2. The van der Waals surface area contributed by atoms with Crippen LogP contribution in [0.25, 0.3) is 32.9 Å². The van der Waals surface area contributed by atoms with Crippen LogP contribution in [0, 0.1) is 5.82 Å². The summed E-state index contributed by atoms with van der Waals surface area (Å²) in [6.45, 7) is 1.70. The minimum atomic E-state index is -0.581. The molecule has 0 amide bonds. The zero-order chi connectivity index (χ0) is 25.6. The molecule has 5 heterocycles. The second-order valence-electron chi connectivity index (χ2n) is 9.88. The highest BCUT2D eigenvalue weighted by Gasteiger charge is 2.34. The van der Waals surface area contributed by atoms with Gasteiger partial charge in [-0.1, -0.05) is 30.3 Å². The van der Waals surface area contributed by atoms with Crippen molar-refractivity contribution in [2.75, 3.05) is 18.0 Å². The van der Waals surface area contributed by atoms with Crippen LogP contribution >= 0.6 is 0 Å².